The normalized spacial score (nSPS) is 40.3. The number of hydrogen-bond acceptors (Lipinski definition) is 1. The number of carbonyl (C=O) groups is 1. The lowest BCUT2D eigenvalue weighted by molar-refractivity contribution is -0.134. The van der Waals surface area contributed by atoms with Gasteiger partial charge in [0.2, 0.25) is 5.91 Å². The molecule has 0 bridgehead atoms. The summed E-state index contributed by atoms with van der Waals surface area (Å²) >= 11 is 0. The van der Waals surface area contributed by atoms with Crippen molar-refractivity contribution < 1.29 is 4.79 Å². The van der Waals surface area contributed by atoms with E-state index in [1.54, 1.807) is 0 Å². The van der Waals surface area contributed by atoms with Crippen LogP contribution >= 0.6 is 0 Å². The summed E-state index contributed by atoms with van der Waals surface area (Å²) in [4.78, 5) is 14.2. The van der Waals surface area contributed by atoms with Crippen LogP contribution in [0.2, 0.25) is 0 Å². The average molecular weight is 205 g/mol. The van der Waals surface area contributed by atoms with Gasteiger partial charge in [-0.05, 0) is 31.6 Å². The van der Waals surface area contributed by atoms with Gasteiger partial charge in [0.25, 0.3) is 0 Å². The molecule has 1 spiro atoms. The summed E-state index contributed by atoms with van der Waals surface area (Å²) in [5.41, 5.74) is 1.08. The molecule has 2 atom stereocenters. The monoisotopic (exact) mass is 205 g/mol. The SMILES string of the molecule is C=C1C[C@]23CCCC[C@@H]2CCCN3C1=O. The summed E-state index contributed by atoms with van der Waals surface area (Å²) in [5, 5.41) is 0. The lowest BCUT2D eigenvalue weighted by Crippen LogP contribution is -2.55. The molecular weight excluding hydrogens is 186 g/mol. The summed E-state index contributed by atoms with van der Waals surface area (Å²) in [6.07, 6.45) is 8.70. The van der Waals surface area contributed by atoms with Crippen LogP contribution in [0.3, 0.4) is 0 Å². The van der Waals surface area contributed by atoms with Crippen LogP contribution in [0, 0.1) is 5.92 Å². The van der Waals surface area contributed by atoms with Crippen LogP contribution in [-0.2, 0) is 4.79 Å². The predicted molar refractivity (Wildman–Crippen MR) is 59.4 cm³/mol. The van der Waals surface area contributed by atoms with E-state index in [0.29, 0.717) is 0 Å². The zero-order valence-electron chi connectivity index (χ0n) is 9.30. The van der Waals surface area contributed by atoms with Crippen molar-refractivity contribution in [2.45, 2.75) is 50.5 Å². The number of carbonyl (C=O) groups excluding carboxylic acids is 1. The van der Waals surface area contributed by atoms with E-state index in [1.165, 1.54) is 38.5 Å². The van der Waals surface area contributed by atoms with E-state index < -0.39 is 0 Å². The molecular formula is C13H19NO. The van der Waals surface area contributed by atoms with E-state index in [1.807, 2.05) is 0 Å². The van der Waals surface area contributed by atoms with Gasteiger partial charge in [-0.3, -0.25) is 4.79 Å². The predicted octanol–water partition coefficient (Wildman–Crippen LogP) is 2.50. The maximum absolute atomic E-state index is 12.0. The Bertz CT molecular complexity index is 320. The van der Waals surface area contributed by atoms with Crippen molar-refractivity contribution in [1.82, 2.24) is 4.90 Å². The summed E-state index contributed by atoms with van der Waals surface area (Å²) in [6.45, 7) is 4.93. The highest BCUT2D eigenvalue weighted by Crippen LogP contribution is 2.51. The molecule has 0 N–H and O–H groups in total. The lowest BCUT2D eigenvalue weighted by Gasteiger charge is -2.50. The van der Waals surface area contributed by atoms with Gasteiger partial charge in [0.1, 0.15) is 0 Å². The molecule has 1 aliphatic carbocycles. The molecule has 3 aliphatic rings. The fraction of sp³-hybridized carbons (Fsp3) is 0.769. The van der Waals surface area contributed by atoms with E-state index in [0.717, 1.165) is 24.5 Å². The molecule has 3 fully saturated rings. The minimum Gasteiger partial charge on any atom is -0.333 e. The summed E-state index contributed by atoms with van der Waals surface area (Å²) < 4.78 is 0. The third kappa shape index (κ3) is 1.14. The highest BCUT2D eigenvalue weighted by molar-refractivity contribution is 5.96. The Kier molecular flexibility index (Phi) is 1.95. The van der Waals surface area contributed by atoms with Gasteiger partial charge in [0.05, 0.1) is 5.54 Å². The topological polar surface area (TPSA) is 20.3 Å². The van der Waals surface area contributed by atoms with Crippen LogP contribution < -0.4 is 0 Å². The quantitative estimate of drug-likeness (QED) is 0.556. The molecule has 2 heteroatoms. The number of piperidine rings is 1. The molecule has 82 valence electrons. The average Bonchev–Trinajstić information content (AvgIpc) is 2.50. The molecule has 2 heterocycles. The van der Waals surface area contributed by atoms with E-state index in [2.05, 4.69) is 11.5 Å². The second-order valence-electron chi connectivity index (χ2n) is 5.43. The van der Waals surface area contributed by atoms with Crippen LogP contribution in [0.5, 0.6) is 0 Å². The fourth-order valence-electron chi connectivity index (χ4n) is 4.05. The van der Waals surface area contributed by atoms with Gasteiger partial charge in [-0.15, -0.1) is 0 Å². The van der Waals surface area contributed by atoms with E-state index in [4.69, 9.17) is 0 Å². The molecule has 2 nitrogen and oxygen atoms in total. The molecule has 15 heavy (non-hydrogen) atoms. The third-order valence-corrected chi connectivity index (χ3v) is 4.71. The van der Waals surface area contributed by atoms with Crippen molar-refractivity contribution >= 4 is 5.91 Å². The minimum atomic E-state index is 0.213. The van der Waals surface area contributed by atoms with Crippen molar-refractivity contribution in [1.29, 1.82) is 0 Å². The van der Waals surface area contributed by atoms with Crippen LogP contribution in [0.4, 0.5) is 0 Å². The maximum Gasteiger partial charge on any atom is 0.249 e. The van der Waals surface area contributed by atoms with Crippen molar-refractivity contribution in [2.24, 2.45) is 5.92 Å². The molecule has 2 aliphatic heterocycles. The molecule has 0 radical (unpaired) electrons. The zero-order chi connectivity index (χ0) is 10.5. The highest BCUT2D eigenvalue weighted by Gasteiger charge is 2.53. The molecule has 0 aromatic carbocycles. The Morgan fingerprint density at radius 1 is 1.27 bits per heavy atom. The first kappa shape index (κ1) is 9.44. The number of amides is 1. The first-order valence-electron chi connectivity index (χ1n) is 6.24. The minimum absolute atomic E-state index is 0.213. The highest BCUT2D eigenvalue weighted by atomic mass is 16.2. The van der Waals surface area contributed by atoms with Gasteiger partial charge in [-0.25, -0.2) is 0 Å². The maximum atomic E-state index is 12.0. The fourth-order valence-corrected chi connectivity index (χ4v) is 4.05. The van der Waals surface area contributed by atoms with E-state index >= 15 is 0 Å². The molecule has 3 rings (SSSR count). The van der Waals surface area contributed by atoms with E-state index in [9.17, 15) is 4.79 Å². The van der Waals surface area contributed by atoms with Gasteiger partial charge in [-0.1, -0.05) is 19.4 Å². The number of hydrogen-bond donors (Lipinski definition) is 0. The Hall–Kier alpha value is -0.790. The standard InChI is InChI=1S/C13H19NO/c1-10-9-13-7-3-2-5-11(13)6-4-8-14(13)12(10)15/h11H,1-9H2/t11-,13-/m1/s1. The van der Waals surface area contributed by atoms with Gasteiger partial charge in [0.15, 0.2) is 0 Å². The second kappa shape index (κ2) is 3.10. The number of rotatable bonds is 0. The number of nitrogens with zero attached hydrogens (tertiary/aromatic N) is 1. The summed E-state index contributed by atoms with van der Waals surface area (Å²) in [7, 11) is 0. The molecule has 0 aromatic heterocycles. The van der Waals surface area contributed by atoms with Crippen molar-refractivity contribution in [3.8, 4) is 0 Å². The molecule has 2 saturated heterocycles. The summed E-state index contributed by atoms with van der Waals surface area (Å²) in [6, 6.07) is 0. The Morgan fingerprint density at radius 3 is 2.93 bits per heavy atom. The first-order valence-corrected chi connectivity index (χ1v) is 6.24. The van der Waals surface area contributed by atoms with Crippen molar-refractivity contribution in [2.75, 3.05) is 6.54 Å². The van der Waals surface area contributed by atoms with Gasteiger partial charge in [-0.2, -0.15) is 0 Å². The van der Waals surface area contributed by atoms with Crippen LogP contribution in [0.25, 0.3) is 0 Å². The molecule has 1 saturated carbocycles. The van der Waals surface area contributed by atoms with Crippen LogP contribution in [0.1, 0.15) is 44.9 Å². The van der Waals surface area contributed by atoms with Crippen LogP contribution in [0.15, 0.2) is 12.2 Å². The Balaban J connectivity index is 2.00. The molecule has 0 unspecified atom stereocenters. The zero-order valence-corrected chi connectivity index (χ0v) is 9.30. The van der Waals surface area contributed by atoms with Gasteiger partial charge < -0.3 is 4.90 Å². The largest absolute Gasteiger partial charge is 0.333 e. The smallest absolute Gasteiger partial charge is 0.249 e. The second-order valence-corrected chi connectivity index (χ2v) is 5.43. The first-order chi connectivity index (χ1) is 7.24. The lowest BCUT2D eigenvalue weighted by atomic mass is 9.67. The van der Waals surface area contributed by atoms with Crippen LogP contribution in [-0.4, -0.2) is 22.9 Å². The molecule has 1 amide bonds. The van der Waals surface area contributed by atoms with Crippen molar-refractivity contribution in [3.63, 3.8) is 0 Å². The van der Waals surface area contributed by atoms with Gasteiger partial charge >= 0.3 is 0 Å². The van der Waals surface area contributed by atoms with E-state index in [-0.39, 0.29) is 11.4 Å². The Morgan fingerprint density at radius 2 is 2.07 bits per heavy atom. The molecule has 0 aromatic rings. The van der Waals surface area contributed by atoms with Gasteiger partial charge in [0, 0.05) is 18.5 Å². The third-order valence-electron chi connectivity index (χ3n) is 4.71. The Labute approximate surface area is 91.3 Å². The van der Waals surface area contributed by atoms with Crippen molar-refractivity contribution in [3.05, 3.63) is 12.2 Å². The summed E-state index contributed by atoms with van der Waals surface area (Å²) in [5.74, 6) is 1.02.